The largest absolute Gasteiger partial charge is 0.323 e. The van der Waals surface area contributed by atoms with E-state index in [1.165, 1.54) is 36.8 Å². The van der Waals surface area contributed by atoms with E-state index in [0.717, 1.165) is 11.7 Å². The third kappa shape index (κ3) is 3.52. The molecule has 1 aromatic carbocycles. The van der Waals surface area contributed by atoms with Gasteiger partial charge in [0.15, 0.2) is 0 Å². The predicted molar refractivity (Wildman–Crippen MR) is 82.1 cm³/mol. The standard InChI is InChI=1S/C16H25NS/c1-3-13-8-10-14(11-9-13)16(17)12(2)18-15-6-4-5-7-15/h8-12,15-16H,3-7,17H2,1-2H3. The monoisotopic (exact) mass is 263 g/mol. The van der Waals surface area contributed by atoms with E-state index in [0.29, 0.717) is 5.25 Å². The molecule has 2 N–H and O–H groups in total. The maximum Gasteiger partial charge on any atom is 0.0412 e. The third-order valence-corrected chi connectivity index (χ3v) is 5.57. The van der Waals surface area contributed by atoms with E-state index in [2.05, 4.69) is 49.9 Å². The van der Waals surface area contributed by atoms with Gasteiger partial charge in [-0.15, -0.1) is 0 Å². The van der Waals surface area contributed by atoms with Crippen molar-refractivity contribution in [2.45, 2.75) is 62.5 Å². The van der Waals surface area contributed by atoms with Crippen LogP contribution in [-0.2, 0) is 6.42 Å². The maximum atomic E-state index is 6.39. The first-order valence-corrected chi connectivity index (χ1v) is 8.15. The molecule has 0 saturated heterocycles. The van der Waals surface area contributed by atoms with Crippen LogP contribution in [0.1, 0.15) is 56.7 Å². The molecular weight excluding hydrogens is 238 g/mol. The van der Waals surface area contributed by atoms with Crippen molar-refractivity contribution in [1.29, 1.82) is 0 Å². The first-order valence-electron chi connectivity index (χ1n) is 7.20. The van der Waals surface area contributed by atoms with E-state index >= 15 is 0 Å². The molecule has 0 aromatic heterocycles. The first-order chi connectivity index (χ1) is 8.70. The van der Waals surface area contributed by atoms with E-state index in [4.69, 9.17) is 5.73 Å². The van der Waals surface area contributed by atoms with Gasteiger partial charge in [0.05, 0.1) is 0 Å². The number of hydrogen-bond donors (Lipinski definition) is 1. The summed E-state index contributed by atoms with van der Waals surface area (Å²) in [4.78, 5) is 0. The summed E-state index contributed by atoms with van der Waals surface area (Å²) >= 11 is 2.10. The second kappa shape index (κ2) is 6.63. The summed E-state index contributed by atoms with van der Waals surface area (Å²) in [6.45, 7) is 4.47. The minimum absolute atomic E-state index is 0.168. The SMILES string of the molecule is CCc1ccc(C(N)C(C)SC2CCCC2)cc1. The third-order valence-electron chi connectivity index (χ3n) is 3.99. The predicted octanol–water partition coefficient (Wildman–Crippen LogP) is 4.31. The molecule has 0 aliphatic heterocycles. The molecule has 1 aliphatic rings. The van der Waals surface area contributed by atoms with Crippen LogP contribution in [0.25, 0.3) is 0 Å². The highest BCUT2D eigenvalue weighted by Crippen LogP contribution is 2.35. The highest BCUT2D eigenvalue weighted by molar-refractivity contribution is 8.00. The Balaban J connectivity index is 1.93. The molecule has 100 valence electrons. The Kier molecular flexibility index (Phi) is 5.13. The fourth-order valence-corrected chi connectivity index (χ4v) is 4.20. The molecule has 1 saturated carbocycles. The van der Waals surface area contributed by atoms with Gasteiger partial charge in [-0.2, -0.15) is 11.8 Å². The van der Waals surface area contributed by atoms with Crippen molar-refractivity contribution in [3.05, 3.63) is 35.4 Å². The Morgan fingerprint density at radius 3 is 2.39 bits per heavy atom. The summed E-state index contributed by atoms with van der Waals surface area (Å²) in [6.07, 6.45) is 6.69. The van der Waals surface area contributed by atoms with Crippen LogP contribution in [-0.4, -0.2) is 10.5 Å². The van der Waals surface area contributed by atoms with Crippen LogP contribution >= 0.6 is 11.8 Å². The van der Waals surface area contributed by atoms with E-state index in [1.807, 2.05) is 0 Å². The molecule has 0 heterocycles. The van der Waals surface area contributed by atoms with Gasteiger partial charge in [0.1, 0.15) is 0 Å². The Morgan fingerprint density at radius 1 is 1.22 bits per heavy atom. The number of aryl methyl sites for hydroxylation is 1. The molecule has 1 aliphatic carbocycles. The van der Waals surface area contributed by atoms with Crippen LogP contribution < -0.4 is 5.73 Å². The van der Waals surface area contributed by atoms with Crippen molar-refractivity contribution >= 4 is 11.8 Å². The minimum atomic E-state index is 0.168. The normalized spacial score (nSPS) is 19.9. The number of hydrogen-bond acceptors (Lipinski definition) is 2. The molecule has 2 atom stereocenters. The van der Waals surface area contributed by atoms with Gasteiger partial charge in [-0.3, -0.25) is 0 Å². The van der Waals surface area contributed by atoms with Crippen molar-refractivity contribution in [2.75, 3.05) is 0 Å². The van der Waals surface area contributed by atoms with Gasteiger partial charge in [-0.25, -0.2) is 0 Å². The van der Waals surface area contributed by atoms with Gasteiger partial charge in [0.25, 0.3) is 0 Å². The lowest BCUT2D eigenvalue weighted by molar-refractivity contribution is 0.708. The van der Waals surface area contributed by atoms with Crippen molar-refractivity contribution in [1.82, 2.24) is 0 Å². The molecule has 1 fully saturated rings. The molecule has 0 radical (unpaired) electrons. The molecule has 1 nitrogen and oxygen atoms in total. The quantitative estimate of drug-likeness (QED) is 0.856. The molecule has 0 spiro atoms. The van der Waals surface area contributed by atoms with Crippen LogP contribution in [0, 0.1) is 0 Å². The second-order valence-corrected chi connectivity index (χ2v) is 7.05. The lowest BCUT2D eigenvalue weighted by Crippen LogP contribution is -2.23. The lowest BCUT2D eigenvalue weighted by atomic mass is 10.0. The molecule has 2 heteroatoms. The van der Waals surface area contributed by atoms with Crippen LogP contribution in [0.5, 0.6) is 0 Å². The zero-order valence-corrected chi connectivity index (χ0v) is 12.4. The van der Waals surface area contributed by atoms with E-state index in [-0.39, 0.29) is 6.04 Å². The Morgan fingerprint density at radius 2 is 1.83 bits per heavy atom. The smallest absolute Gasteiger partial charge is 0.0412 e. The Bertz CT molecular complexity index is 354. The number of nitrogens with two attached hydrogens (primary N) is 1. The Labute approximate surface area is 116 Å². The summed E-state index contributed by atoms with van der Waals surface area (Å²) in [5.41, 5.74) is 9.06. The average Bonchev–Trinajstić information content (AvgIpc) is 2.91. The fraction of sp³-hybridized carbons (Fsp3) is 0.625. The maximum absolute atomic E-state index is 6.39. The van der Waals surface area contributed by atoms with Crippen LogP contribution in [0.4, 0.5) is 0 Å². The molecule has 2 unspecified atom stereocenters. The number of benzene rings is 1. The molecule has 0 bridgehead atoms. The van der Waals surface area contributed by atoms with E-state index in [1.54, 1.807) is 0 Å². The average molecular weight is 263 g/mol. The fourth-order valence-electron chi connectivity index (χ4n) is 2.66. The second-order valence-electron chi connectivity index (χ2n) is 5.37. The summed E-state index contributed by atoms with van der Waals surface area (Å²) in [5, 5.41) is 1.36. The van der Waals surface area contributed by atoms with Crippen molar-refractivity contribution < 1.29 is 0 Å². The lowest BCUT2D eigenvalue weighted by Gasteiger charge is -2.23. The zero-order chi connectivity index (χ0) is 13.0. The highest BCUT2D eigenvalue weighted by atomic mass is 32.2. The highest BCUT2D eigenvalue weighted by Gasteiger charge is 2.22. The van der Waals surface area contributed by atoms with Crippen molar-refractivity contribution in [3.8, 4) is 0 Å². The molecular formula is C16H25NS. The van der Waals surface area contributed by atoms with Gasteiger partial charge >= 0.3 is 0 Å². The van der Waals surface area contributed by atoms with Gasteiger partial charge < -0.3 is 5.73 Å². The van der Waals surface area contributed by atoms with Gasteiger partial charge in [0.2, 0.25) is 0 Å². The van der Waals surface area contributed by atoms with Crippen molar-refractivity contribution in [3.63, 3.8) is 0 Å². The summed E-state index contributed by atoms with van der Waals surface area (Å²) in [7, 11) is 0. The summed E-state index contributed by atoms with van der Waals surface area (Å²) < 4.78 is 0. The molecule has 2 rings (SSSR count). The van der Waals surface area contributed by atoms with Gasteiger partial charge in [0, 0.05) is 16.5 Å². The minimum Gasteiger partial charge on any atom is -0.323 e. The van der Waals surface area contributed by atoms with Gasteiger partial charge in [-0.1, -0.05) is 51.0 Å². The Hall–Kier alpha value is -0.470. The molecule has 0 amide bonds. The topological polar surface area (TPSA) is 26.0 Å². The van der Waals surface area contributed by atoms with Crippen LogP contribution in [0.15, 0.2) is 24.3 Å². The van der Waals surface area contributed by atoms with Crippen molar-refractivity contribution in [2.24, 2.45) is 5.73 Å². The van der Waals surface area contributed by atoms with E-state index < -0.39 is 0 Å². The van der Waals surface area contributed by atoms with Crippen LogP contribution in [0.2, 0.25) is 0 Å². The molecule has 18 heavy (non-hydrogen) atoms. The number of rotatable bonds is 5. The zero-order valence-electron chi connectivity index (χ0n) is 11.6. The molecule has 1 aromatic rings. The summed E-state index contributed by atoms with van der Waals surface area (Å²) in [6, 6.07) is 9.00. The number of thioether (sulfide) groups is 1. The summed E-state index contributed by atoms with van der Waals surface area (Å²) in [5.74, 6) is 0. The first kappa shape index (κ1) is 14.0. The van der Waals surface area contributed by atoms with E-state index in [9.17, 15) is 0 Å². The van der Waals surface area contributed by atoms with Gasteiger partial charge in [-0.05, 0) is 30.4 Å². The van der Waals surface area contributed by atoms with Crippen LogP contribution in [0.3, 0.4) is 0 Å².